The van der Waals surface area contributed by atoms with Gasteiger partial charge in [-0.3, -0.25) is 0 Å². The lowest BCUT2D eigenvalue weighted by molar-refractivity contribution is 0.585. The van der Waals surface area contributed by atoms with Gasteiger partial charge < -0.3 is 10.6 Å². The van der Waals surface area contributed by atoms with Crippen molar-refractivity contribution in [2.24, 2.45) is 5.92 Å². The highest BCUT2D eigenvalue weighted by Gasteiger charge is 2.10. The van der Waals surface area contributed by atoms with Gasteiger partial charge in [0.05, 0.1) is 21.6 Å². The quantitative estimate of drug-likeness (QED) is 0.845. The monoisotopic (exact) mass is 249 g/mol. The Morgan fingerprint density at radius 2 is 2.18 bits per heavy atom. The maximum atomic E-state index is 6.17. The fraction of sp³-hybridized carbons (Fsp3) is 0.462. The van der Waals surface area contributed by atoms with Crippen LogP contribution in [0.15, 0.2) is 17.6 Å². The molecule has 0 radical (unpaired) electrons. The van der Waals surface area contributed by atoms with E-state index in [0.717, 1.165) is 28.1 Å². The Morgan fingerprint density at radius 3 is 2.88 bits per heavy atom. The SMILES string of the molecule is CC(C)CCN(C)c1ccc2scnc2c1N. The average molecular weight is 249 g/mol. The van der Waals surface area contributed by atoms with Crippen LogP contribution in [0.5, 0.6) is 0 Å². The molecule has 0 aliphatic rings. The van der Waals surface area contributed by atoms with Crippen LogP contribution >= 0.6 is 11.3 Å². The molecule has 1 heterocycles. The lowest BCUT2D eigenvalue weighted by Crippen LogP contribution is -2.21. The molecule has 0 amide bonds. The van der Waals surface area contributed by atoms with Crippen LogP contribution in [0.4, 0.5) is 11.4 Å². The molecule has 92 valence electrons. The second-order valence-corrected chi connectivity index (χ2v) is 5.69. The molecule has 0 saturated heterocycles. The second-order valence-electron chi connectivity index (χ2n) is 4.80. The van der Waals surface area contributed by atoms with Crippen molar-refractivity contribution in [3.8, 4) is 0 Å². The summed E-state index contributed by atoms with van der Waals surface area (Å²) < 4.78 is 1.16. The summed E-state index contributed by atoms with van der Waals surface area (Å²) in [7, 11) is 2.09. The molecular weight excluding hydrogens is 230 g/mol. The van der Waals surface area contributed by atoms with Crippen LogP contribution in [-0.2, 0) is 0 Å². The van der Waals surface area contributed by atoms with E-state index in [1.807, 2.05) is 5.51 Å². The Hall–Kier alpha value is -1.29. The van der Waals surface area contributed by atoms with Crippen molar-refractivity contribution in [2.45, 2.75) is 20.3 Å². The zero-order valence-corrected chi connectivity index (χ0v) is 11.4. The van der Waals surface area contributed by atoms with E-state index in [0.29, 0.717) is 5.92 Å². The molecule has 0 aliphatic heterocycles. The van der Waals surface area contributed by atoms with Crippen molar-refractivity contribution in [1.82, 2.24) is 4.98 Å². The van der Waals surface area contributed by atoms with E-state index >= 15 is 0 Å². The molecule has 0 unspecified atom stereocenters. The summed E-state index contributed by atoms with van der Waals surface area (Å²) in [6, 6.07) is 4.20. The maximum absolute atomic E-state index is 6.17. The van der Waals surface area contributed by atoms with Crippen LogP contribution in [0, 0.1) is 5.92 Å². The molecule has 2 aromatic rings. The summed E-state index contributed by atoms with van der Waals surface area (Å²) in [4.78, 5) is 6.54. The van der Waals surface area contributed by atoms with Crippen LogP contribution in [-0.4, -0.2) is 18.6 Å². The summed E-state index contributed by atoms with van der Waals surface area (Å²) in [5, 5.41) is 0. The Balaban J connectivity index is 2.25. The molecule has 4 heteroatoms. The molecule has 2 rings (SSSR count). The average Bonchev–Trinajstić information content (AvgIpc) is 2.75. The zero-order valence-electron chi connectivity index (χ0n) is 10.6. The van der Waals surface area contributed by atoms with Crippen molar-refractivity contribution in [3.05, 3.63) is 17.6 Å². The molecule has 0 aliphatic carbocycles. The van der Waals surface area contributed by atoms with E-state index in [1.54, 1.807) is 11.3 Å². The third kappa shape index (κ3) is 2.52. The van der Waals surface area contributed by atoms with Gasteiger partial charge in [-0.15, -0.1) is 11.3 Å². The molecule has 3 nitrogen and oxygen atoms in total. The molecule has 0 fully saturated rings. The first-order valence-electron chi connectivity index (χ1n) is 5.92. The molecule has 17 heavy (non-hydrogen) atoms. The van der Waals surface area contributed by atoms with Crippen molar-refractivity contribution >= 4 is 32.9 Å². The van der Waals surface area contributed by atoms with Crippen molar-refractivity contribution in [3.63, 3.8) is 0 Å². The van der Waals surface area contributed by atoms with Gasteiger partial charge in [-0.25, -0.2) is 4.98 Å². The van der Waals surface area contributed by atoms with Crippen molar-refractivity contribution < 1.29 is 0 Å². The summed E-state index contributed by atoms with van der Waals surface area (Å²) in [5.74, 6) is 0.710. The van der Waals surface area contributed by atoms with Crippen LogP contribution in [0.2, 0.25) is 0 Å². The highest BCUT2D eigenvalue weighted by molar-refractivity contribution is 7.16. The minimum Gasteiger partial charge on any atom is -0.395 e. The number of nitrogen functional groups attached to an aromatic ring is 1. The molecule has 1 aromatic carbocycles. The number of nitrogens with two attached hydrogens (primary N) is 1. The third-order valence-corrected chi connectivity index (χ3v) is 3.77. The first kappa shape index (κ1) is 12.2. The van der Waals surface area contributed by atoms with Gasteiger partial charge in [0, 0.05) is 13.6 Å². The lowest BCUT2D eigenvalue weighted by Gasteiger charge is -2.22. The Labute approximate surface area is 106 Å². The van der Waals surface area contributed by atoms with E-state index in [1.165, 1.54) is 6.42 Å². The van der Waals surface area contributed by atoms with Gasteiger partial charge in [0.25, 0.3) is 0 Å². The maximum Gasteiger partial charge on any atom is 0.106 e. The Bertz CT molecular complexity index is 504. The van der Waals surface area contributed by atoms with Crippen LogP contribution in [0.25, 0.3) is 10.2 Å². The molecule has 1 aromatic heterocycles. The van der Waals surface area contributed by atoms with Crippen LogP contribution in [0.3, 0.4) is 0 Å². The summed E-state index contributed by atoms with van der Waals surface area (Å²) >= 11 is 1.63. The van der Waals surface area contributed by atoms with Gasteiger partial charge in [0.1, 0.15) is 5.52 Å². The Morgan fingerprint density at radius 1 is 1.41 bits per heavy atom. The molecule has 0 atom stereocenters. The van der Waals surface area contributed by atoms with Gasteiger partial charge in [-0.2, -0.15) is 0 Å². The minimum atomic E-state index is 0.710. The van der Waals surface area contributed by atoms with E-state index in [2.05, 4.69) is 42.9 Å². The number of nitrogens with zero attached hydrogens (tertiary/aromatic N) is 2. The van der Waals surface area contributed by atoms with E-state index in [4.69, 9.17) is 5.73 Å². The van der Waals surface area contributed by atoms with Crippen molar-refractivity contribution in [2.75, 3.05) is 24.2 Å². The molecular formula is C13H19N3S. The van der Waals surface area contributed by atoms with Gasteiger partial charge in [0.15, 0.2) is 0 Å². The standard InChI is InChI=1S/C13H19N3S/c1-9(2)6-7-16(3)10-4-5-11-13(12(10)14)15-8-17-11/h4-5,8-9H,6-7,14H2,1-3H3. The predicted molar refractivity (Wildman–Crippen MR) is 76.8 cm³/mol. The highest BCUT2D eigenvalue weighted by atomic mass is 32.1. The zero-order chi connectivity index (χ0) is 12.4. The molecule has 0 bridgehead atoms. The summed E-state index contributed by atoms with van der Waals surface area (Å²) in [5.41, 5.74) is 10.8. The normalized spacial score (nSPS) is 11.3. The minimum absolute atomic E-state index is 0.710. The lowest BCUT2D eigenvalue weighted by atomic mass is 10.1. The number of aromatic nitrogens is 1. The fourth-order valence-corrected chi connectivity index (χ4v) is 2.54. The number of benzene rings is 1. The molecule has 0 spiro atoms. The van der Waals surface area contributed by atoms with Crippen LogP contribution in [0.1, 0.15) is 20.3 Å². The number of rotatable bonds is 4. The summed E-state index contributed by atoms with van der Waals surface area (Å²) in [6.07, 6.45) is 1.17. The number of hydrogen-bond acceptors (Lipinski definition) is 4. The highest BCUT2D eigenvalue weighted by Crippen LogP contribution is 2.32. The molecule has 2 N–H and O–H groups in total. The number of hydrogen-bond donors (Lipinski definition) is 1. The first-order valence-corrected chi connectivity index (χ1v) is 6.80. The largest absolute Gasteiger partial charge is 0.395 e. The van der Waals surface area contributed by atoms with Crippen LogP contribution < -0.4 is 10.6 Å². The van der Waals surface area contributed by atoms with Gasteiger partial charge in [-0.05, 0) is 24.5 Å². The Kier molecular flexibility index (Phi) is 3.52. The van der Waals surface area contributed by atoms with Gasteiger partial charge in [0.2, 0.25) is 0 Å². The van der Waals surface area contributed by atoms with Gasteiger partial charge >= 0.3 is 0 Å². The van der Waals surface area contributed by atoms with E-state index in [9.17, 15) is 0 Å². The third-order valence-electron chi connectivity index (χ3n) is 2.97. The number of anilines is 2. The molecule has 0 saturated carbocycles. The van der Waals surface area contributed by atoms with Gasteiger partial charge in [-0.1, -0.05) is 13.8 Å². The smallest absolute Gasteiger partial charge is 0.106 e. The van der Waals surface area contributed by atoms with E-state index < -0.39 is 0 Å². The first-order chi connectivity index (χ1) is 8.09. The topological polar surface area (TPSA) is 42.2 Å². The summed E-state index contributed by atoms with van der Waals surface area (Å²) in [6.45, 7) is 5.50. The van der Waals surface area contributed by atoms with Crippen molar-refractivity contribution in [1.29, 1.82) is 0 Å². The number of fused-ring (bicyclic) bond motifs is 1. The van der Waals surface area contributed by atoms with E-state index in [-0.39, 0.29) is 0 Å². The number of thiazole rings is 1. The fourth-order valence-electron chi connectivity index (χ4n) is 1.85. The second kappa shape index (κ2) is 4.92. The predicted octanol–water partition coefficient (Wildman–Crippen LogP) is 3.36.